The number of hydrogen-bond acceptors (Lipinski definition) is 4. The summed E-state index contributed by atoms with van der Waals surface area (Å²) in [5.41, 5.74) is 3.26. The first-order chi connectivity index (χ1) is 13.3. The van der Waals surface area contributed by atoms with Crippen LogP contribution in [0.15, 0.2) is 22.6 Å². The molecule has 0 bridgehead atoms. The molecular formula is C23H38ClN3O. The fraction of sp³-hybridized carbons (Fsp3) is 0.696. The van der Waals surface area contributed by atoms with Crippen LogP contribution in [0.1, 0.15) is 76.7 Å². The van der Waals surface area contributed by atoms with Crippen LogP contribution in [-0.2, 0) is 6.42 Å². The first-order valence-electron chi connectivity index (χ1n) is 11.2. The highest BCUT2D eigenvalue weighted by Crippen LogP contribution is 2.22. The number of anilines is 1. The predicted octanol–water partition coefficient (Wildman–Crippen LogP) is 6.34. The molecule has 5 heteroatoms. The second-order valence-electron chi connectivity index (χ2n) is 8.12. The lowest BCUT2D eigenvalue weighted by molar-refractivity contribution is 0.387. The van der Waals surface area contributed by atoms with Crippen molar-refractivity contribution in [2.45, 2.75) is 77.6 Å². The number of nitrogens with zero attached hydrogens (tertiary/aromatic N) is 1. The van der Waals surface area contributed by atoms with Crippen molar-refractivity contribution < 1.29 is 4.42 Å². The van der Waals surface area contributed by atoms with Gasteiger partial charge >= 0.3 is 0 Å². The van der Waals surface area contributed by atoms with Gasteiger partial charge in [-0.2, -0.15) is 4.98 Å². The van der Waals surface area contributed by atoms with E-state index in [9.17, 15) is 0 Å². The Bertz CT molecular complexity index is 667. The molecule has 0 atom stereocenters. The molecule has 1 saturated heterocycles. The average molecular weight is 408 g/mol. The SMILES string of the molecule is CCCCCCCCCCc1ccc2oc(NCC3CCNCC3)nc2c1.Cl. The zero-order valence-corrected chi connectivity index (χ0v) is 18.3. The lowest BCUT2D eigenvalue weighted by atomic mass is 9.98. The number of benzene rings is 1. The smallest absolute Gasteiger partial charge is 0.295 e. The van der Waals surface area contributed by atoms with E-state index in [0.717, 1.165) is 43.1 Å². The van der Waals surface area contributed by atoms with Crippen molar-refractivity contribution in [3.63, 3.8) is 0 Å². The van der Waals surface area contributed by atoms with Crippen molar-refractivity contribution >= 4 is 29.5 Å². The van der Waals surface area contributed by atoms with Crippen LogP contribution >= 0.6 is 12.4 Å². The molecule has 1 aliphatic rings. The van der Waals surface area contributed by atoms with Crippen molar-refractivity contribution in [2.75, 3.05) is 25.0 Å². The molecule has 2 N–H and O–H groups in total. The normalized spacial score (nSPS) is 14.9. The van der Waals surface area contributed by atoms with Crippen LogP contribution < -0.4 is 10.6 Å². The third kappa shape index (κ3) is 7.63. The Hall–Kier alpha value is -1.26. The summed E-state index contributed by atoms with van der Waals surface area (Å²) in [7, 11) is 0. The fourth-order valence-electron chi connectivity index (χ4n) is 3.98. The van der Waals surface area contributed by atoms with Gasteiger partial charge in [0.1, 0.15) is 5.52 Å². The maximum atomic E-state index is 5.87. The minimum absolute atomic E-state index is 0. The molecule has 28 heavy (non-hydrogen) atoms. The molecule has 0 saturated carbocycles. The molecule has 1 fully saturated rings. The van der Waals surface area contributed by atoms with E-state index in [2.05, 4.69) is 40.7 Å². The van der Waals surface area contributed by atoms with Gasteiger partial charge in [-0.1, -0.05) is 57.9 Å². The number of nitrogens with one attached hydrogen (secondary N) is 2. The molecule has 0 spiro atoms. The van der Waals surface area contributed by atoms with Gasteiger partial charge in [0.05, 0.1) is 0 Å². The van der Waals surface area contributed by atoms with Crippen LogP contribution in [0.4, 0.5) is 6.01 Å². The van der Waals surface area contributed by atoms with Gasteiger partial charge < -0.3 is 15.1 Å². The average Bonchev–Trinajstić information content (AvgIpc) is 3.11. The Morgan fingerprint density at radius 1 is 1.04 bits per heavy atom. The fourth-order valence-corrected chi connectivity index (χ4v) is 3.98. The van der Waals surface area contributed by atoms with E-state index < -0.39 is 0 Å². The van der Waals surface area contributed by atoms with Crippen LogP contribution in [0.3, 0.4) is 0 Å². The molecule has 0 unspecified atom stereocenters. The Balaban J connectivity index is 0.00000280. The third-order valence-corrected chi connectivity index (χ3v) is 5.77. The van der Waals surface area contributed by atoms with Crippen LogP contribution in [0.2, 0.25) is 0 Å². The predicted molar refractivity (Wildman–Crippen MR) is 122 cm³/mol. The number of piperidine rings is 1. The van der Waals surface area contributed by atoms with Gasteiger partial charge in [0.2, 0.25) is 0 Å². The van der Waals surface area contributed by atoms with Gasteiger partial charge in [0.25, 0.3) is 6.01 Å². The van der Waals surface area contributed by atoms with E-state index in [4.69, 9.17) is 4.42 Å². The molecule has 4 nitrogen and oxygen atoms in total. The highest BCUT2D eigenvalue weighted by molar-refractivity contribution is 5.85. The van der Waals surface area contributed by atoms with Crippen molar-refractivity contribution in [2.24, 2.45) is 5.92 Å². The summed E-state index contributed by atoms with van der Waals surface area (Å²) in [5.74, 6) is 0.721. The maximum Gasteiger partial charge on any atom is 0.295 e. The topological polar surface area (TPSA) is 50.1 Å². The summed E-state index contributed by atoms with van der Waals surface area (Å²) >= 11 is 0. The van der Waals surface area contributed by atoms with E-state index in [1.54, 1.807) is 0 Å². The zero-order chi connectivity index (χ0) is 18.7. The van der Waals surface area contributed by atoms with Crippen LogP contribution in [0.5, 0.6) is 0 Å². The van der Waals surface area contributed by atoms with Gasteiger partial charge in [-0.05, 0) is 62.4 Å². The molecule has 0 aliphatic carbocycles. The number of hydrogen-bond donors (Lipinski definition) is 2. The van der Waals surface area contributed by atoms with Gasteiger partial charge in [0, 0.05) is 6.54 Å². The number of rotatable bonds is 12. The maximum absolute atomic E-state index is 5.87. The van der Waals surface area contributed by atoms with E-state index in [1.807, 2.05) is 0 Å². The Kier molecular flexibility index (Phi) is 10.7. The first kappa shape index (κ1) is 23.0. The number of fused-ring (bicyclic) bond motifs is 1. The summed E-state index contributed by atoms with van der Waals surface area (Å²) in [6.07, 6.45) is 14.5. The molecule has 1 aliphatic heterocycles. The molecule has 0 radical (unpaired) electrons. The molecule has 0 amide bonds. The highest BCUT2D eigenvalue weighted by atomic mass is 35.5. The first-order valence-corrected chi connectivity index (χ1v) is 11.2. The monoisotopic (exact) mass is 407 g/mol. The summed E-state index contributed by atoms with van der Waals surface area (Å²) in [6.45, 7) is 5.49. The van der Waals surface area contributed by atoms with E-state index in [1.165, 1.54) is 69.8 Å². The molecular weight excluding hydrogens is 370 g/mol. The molecule has 158 valence electrons. The van der Waals surface area contributed by atoms with E-state index >= 15 is 0 Å². The second-order valence-corrected chi connectivity index (χ2v) is 8.12. The lowest BCUT2D eigenvalue weighted by Gasteiger charge is -2.22. The van der Waals surface area contributed by atoms with Crippen molar-refractivity contribution in [3.8, 4) is 0 Å². The number of aromatic nitrogens is 1. The second kappa shape index (κ2) is 13.1. The van der Waals surface area contributed by atoms with Gasteiger partial charge in [-0.15, -0.1) is 12.4 Å². The van der Waals surface area contributed by atoms with Crippen LogP contribution in [-0.4, -0.2) is 24.6 Å². The number of halogens is 1. The zero-order valence-electron chi connectivity index (χ0n) is 17.5. The summed E-state index contributed by atoms with van der Waals surface area (Å²) in [6, 6.07) is 7.16. The third-order valence-electron chi connectivity index (χ3n) is 5.77. The van der Waals surface area contributed by atoms with Crippen LogP contribution in [0, 0.1) is 5.92 Å². The Labute approximate surface area is 176 Å². The molecule has 1 aromatic carbocycles. The minimum Gasteiger partial charge on any atom is -0.424 e. The van der Waals surface area contributed by atoms with Gasteiger partial charge in [-0.3, -0.25) is 0 Å². The molecule has 2 heterocycles. The minimum atomic E-state index is 0. The number of oxazole rings is 1. The van der Waals surface area contributed by atoms with E-state index in [0.29, 0.717) is 6.01 Å². The number of aryl methyl sites for hydroxylation is 1. The van der Waals surface area contributed by atoms with Crippen molar-refractivity contribution in [1.29, 1.82) is 0 Å². The lowest BCUT2D eigenvalue weighted by Crippen LogP contribution is -2.31. The van der Waals surface area contributed by atoms with Crippen molar-refractivity contribution in [1.82, 2.24) is 10.3 Å². The summed E-state index contributed by atoms with van der Waals surface area (Å²) in [4.78, 5) is 4.65. The quantitative estimate of drug-likeness (QED) is 0.403. The van der Waals surface area contributed by atoms with Crippen LogP contribution in [0.25, 0.3) is 11.1 Å². The highest BCUT2D eigenvalue weighted by Gasteiger charge is 2.14. The standard InChI is InChI=1S/C23H37N3O.ClH/c1-2-3-4-5-6-7-8-9-10-19-11-12-22-21(17-19)26-23(27-22)25-18-20-13-15-24-16-14-20;/h11-12,17,20,24H,2-10,13-16,18H2,1H3,(H,25,26);1H. The molecule has 3 rings (SSSR count). The molecule has 2 aromatic rings. The van der Waals surface area contributed by atoms with Crippen molar-refractivity contribution in [3.05, 3.63) is 23.8 Å². The summed E-state index contributed by atoms with van der Waals surface area (Å²) < 4.78 is 5.87. The van der Waals surface area contributed by atoms with Gasteiger partial charge in [-0.25, -0.2) is 0 Å². The largest absolute Gasteiger partial charge is 0.424 e. The Morgan fingerprint density at radius 3 is 2.50 bits per heavy atom. The summed E-state index contributed by atoms with van der Waals surface area (Å²) in [5, 5.41) is 6.81. The van der Waals surface area contributed by atoms with E-state index in [-0.39, 0.29) is 12.4 Å². The molecule has 1 aromatic heterocycles. The Morgan fingerprint density at radius 2 is 1.75 bits per heavy atom. The van der Waals surface area contributed by atoms with Gasteiger partial charge in [0.15, 0.2) is 5.58 Å². The number of unbranched alkanes of at least 4 members (excludes halogenated alkanes) is 7.